The van der Waals surface area contributed by atoms with Gasteiger partial charge in [0.2, 0.25) is 0 Å². The van der Waals surface area contributed by atoms with Crippen molar-refractivity contribution < 1.29 is 4.74 Å². The average Bonchev–Trinajstić information content (AvgIpc) is 3.12. The number of aryl methyl sites for hydroxylation is 1. The van der Waals surface area contributed by atoms with E-state index in [4.69, 9.17) is 4.74 Å². The molecule has 2 aliphatic heterocycles. The molecule has 4 rings (SSSR count). The molecule has 0 aliphatic carbocycles. The fourth-order valence-electron chi connectivity index (χ4n) is 3.97. The van der Waals surface area contributed by atoms with E-state index in [1.165, 1.54) is 60.4 Å². The highest BCUT2D eigenvalue weighted by Crippen LogP contribution is 2.29. The highest BCUT2D eigenvalue weighted by molar-refractivity contribution is 5.35. The third-order valence-corrected chi connectivity index (χ3v) is 6.39. The van der Waals surface area contributed by atoms with Crippen LogP contribution < -0.4 is 0 Å². The van der Waals surface area contributed by atoms with Gasteiger partial charge in [-0.2, -0.15) is 0 Å². The molecule has 0 saturated heterocycles. The molecule has 0 spiro atoms. The maximum Gasteiger partial charge on any atom is 0.108 e. The fraction of sp³-hybridized carbons (Fsp3) is 0.640. The van der Waals surface area contributed by atoms with Gasteiger partial charge in [-0.25, -0.2) is 4.98 Å². The predicted molar refractivity (Wildman–Crippen MR) is 117 cm³/mol. The smallest absolute Gasteiger partial charge is 0.108 e. The summed E-state index contributed by atoms with van der Waals surface area (Å²) in [4.78, 5) is 4.53. The van der Waals surface area contributed by atoms with Crippen LogP contribution in [-0.2, 0) is 41.6 Å². The number of aromatic nitrogens is 2. The minimum Gasteiger partial charge on any atom is -0.376 e. The van der Waals surface area contributed by atoms with Gasteiger partial charge in [0, 0.05) is 30.3 Å². The van der Waals surface area contributed by atoms with Gasteiger partial charge in [0.05, 0.1) is 13.2 Å². The van der Waals surface area contributed by atoms with Gasteiger partial charge in [-0.3, -0.25) is 0 Å². The Kier molecular flexibility index (Phi) is 6.34. The molecule has 3 heteroatoms. The van der Waals surface area contributed by atoms with E-state index in [2.05, 4.69) is 75.5 Å². The van der Waals surface area contributed by atoms with Gasteiger partial charge in [0.1, 0.15) is 5.82 Å². The molecule has 0 N–H and O–H groups in total. The molecule has 28 heavy (non-hydrogen) atoms. The quantitative estimate of drug-likeness (QED) is 0.640. The number of ether oxygens (including phenoxy) is 1. The summed E-state index contributed by atoms with van der Waals surface area (Å²) in [5.41, 5.74) is 6.19. The van der Waals surface area contributed by atoms with Gasteiger partial charge < -0.3 is 9.30 Å². The van der Waals surface area contributed by atoms with E-state index in [1.54, 1.807) is 0 Å². The Bertz CT molecular complexity index is 795. The predicted octanol–water partition coefficient (Wildman–Crippen LogP) is 5.96. The number of hydrogen-bond donors (Lipinski definition) is 0. The third kappa shape index (κ3) is 4.68. The van der Waals surface area contributed by atoms with Crippen molar-refractivity contribution in [3.63, 3.8) is 0 Å². The summed E-state index contributed by atoms with van der Waals surface area (Å²) < 4.78 is 7.90. The molecule has 2 aliphatic rings. The Morgan fingerprint density at radius 2 is 1.82 bits per heavy atom. The van der Waals surface area contributed by atoms with Crippen LogP contribution in [0.1, 0.15) is 89.0 Å². The first-order chi connectivity index (χ1) is 13.2. The maximum absolute atomic E-state index is 5.46. The summed E-state index contributed by atoms with van der Waals surface area (Å²) in [5.74, 6) is 1.30. The van der Waals surface area contributed by atoms with Crippen LogP contribution in [0.3, 0.4) is 0 Å². The molecule has 3 heterocycles. The van der Waals surface area contributed by atoms with E-state index >= 15 is 0 Å². The monoisotopic (exact) mass is 382 g/mol. The zero-order chi connectivity index (χ0) is 20.4. The molecule has 0 amide bonds. The molecule has 0 atom stereocenters. The van der Waals surface area contributed by atoms with Crippen molar-refractivity contribution >= 4 is 0 Å². The lowest BCUT2D eigenvalue weighted by molar-refractivity contribution is 0.110. The molecule has 154 valence electrons. The second kappa shape index (κ2) is 8.41. The molecule has 0 unspecified atom stereocenters. The SMILES string of the molecule is CC(C)(C)c1ccc2c(c1)COCC2.CCC(C)(C)c1cnc2n1CCCC2. The summed E-state index contributed by atoms with van der Waals surface area (Å²) in [6.07, 6.45) is 8.13. The van der Waals surface area contributed by atoms with Gasteiger partial charge in [0.15, 0.2) is 0 Å². The van der Waals surface area contributed by atoms with E-state index in [0.29, 0.717) is 0 Å². The summed E-state index contributed by atoms with van der Waals surface area (Å²) in [5, 5.41) is 0. The van der Waals surface area contributed by atoms with E-state index in [-0.39, 0.29) is 10.8 Å². The van der Waals surface area contributed by atoms with Crippen LogP contribution in [0.25, 0.3) is 0 Å². The molecular weight excluding hydrogens is 344 g/mol. The van der Waals surface area contributed by atoms with Gasteiger partial charge >= 0.3 is 0 Å². The van der Waals surface area contributed by atoms with Gasteiger partial charge in [-0.15, -0.1) is 0 Å². The molecule has 1 aromatic heterocycles. The third-order valence-electron chi connectivity index (χ3n) is 6.39. The summed E-state index contributed by atoms with van der Waals surface area (Å²) in [6, 6.07) is 6.82. The first-order valence-electron chi connectivity index (χ1n) is 11.0. The van der Waals surface area contributed by atoms with Crippen LogP contribution in [0.15, 0.2) is 24.4 Å². The number of imidazole rings is 1. The largest absolute Gasteiger partial charge is 0.376 e. The van der Waals surface area contributed by atoms with E-state index in [0.717, 1.165) is 19.6 Å². The second-order valence-electron chi connectivity index (χ2n) is 9.94. The second-order valence-corrected chi connectivity index (χ2v) is 9.94. The zero-order valence-electron chi connectivity index (χ0n) is 18.8. The zero-order valence-corrected chi connectivity index (χ0v) is 18.8. The lowest BCUT2D eigenvalue weighted by Gasteiger charge is -2.26. The minimum absolute atomic E-state index is 0.243. The number of hydrogen-bond acceptors (Lipinski definition) is 2. The summed E-state index contributed by atoms with van der Waals surface area (Å²) in [6.45, 7) is 16.5. The Labute approximate surface area is 171 Å². The molecule has 0 saturated carbocycles. The first-order valence-corrected chi connectivity index (χ1v) is 11.0. The highest BCUT2D eigenvalue weighted by Gasteiger charge is 2.25. The van der Waals surface area contributed by atoms with E-state index in [1.807, 2.05) is 0 Å². The molecule has 1 aromatic carbocycles. The van der Waals surface area contributed by atoms with Crippen LogP contribution in [0.5, 0.6) is 0 Å². The first kappa shape index (κ1) is 21.1. The van der Waals surface area contributed by atoms with E-state index < -0.39 is 0 Å². The van der Waals surface area contributed by atoms with Gasteiger partial charge in [-0.05, 0) is 47.8 Å². The van der Waals surface area contributed by atoms with Crippen molar-refractivity contribution in [1.29, 1.82) is 0 Å². The Hall–Kier alpha value is -1.61. The summed E-state index contributed by atoms with van der Waals surface area (Å²) >= 11 is 0. The van der Waals surface area contributed by atoms with Crippen molar-refractivity contribution in [2.75, 3.05) is 6.61 Å². The standard InChI is InChI=1S/C13H18O.C12H20N2/c1-13(2,3)12-5-4-10-6-7-14-9-11(10)8-12;1-4-12(2,3)10-9-13-11-7-5-6-8-14(10)11/h4-5,8H,6-7,9H2,1-3H3;9H,4-8H2,1-3H3. The van der Waals surface area contributed by atoms with Crippen LogP contribution in [-0.4, -0.2) is 16.2 Å². The van der Waals surface area contributed by atoms with Crippen molar-refractivity contribution in [3.8, 4) is 0 Å². The van der Waals surface area contributed by atoms with Crippen LogP contribution in [0.2, 0.25) is 0 Å². The average molecular weight is 383 g/mol. The molecule has 0 bridgehead atoms. The number of rotatable bonds is 2. The van der Waals surface area contributed by atoms with Crippen LogP contribution in [0, 0.1) is 0 Å². The minimum atomic E-state index is 0.243. The normalized spacial score (nSPS) is 16.6. The lowest BCUT2D eigenvalue weighted by atomic mass is 9.85. The Morgan fingerprint density at radius 1 is 1.04 bits per heavy atom. The molecule has 3 nitrogen and oxygen atoms in total. The molecular formula is C25H38N2O. The highest BCUT2D eigenvalue weighted by atomic mass is 16.5. The molecule has 0 radical (unpaired) electrons. The van der Waals surface area contributed by atoms with Crippen LogP contribution in [0.4, 0.5) is 0 Å². The maximum atomic E-state index is 5.46. The fourth-order valence-corrected chi connectivity index (χ4v) is 3.97. The lowest BCUT2D eigenvalue weighted by Crippen LogP contribution is -2.23. The topological polar surface area (TPSA) is 27.1 Å². The van der Waals surface area contributed by atoms with Gasteiger partial charge in [0.25, 0.3) is 0 Å². The number of fused-ring (bicyclic) bond motifs is 2. The van der Waals surface area contributed by atoms with E-state index in [9.17, 15) is 0 Å². The van der Waals surface area contributed by atoms with Gasteiger partial charge in [-0.1, -0.05) is 59.7 Å². The van der Waals surface area contributed by atoms with Crippen molar-refractivity contribution in [2.24, 2.45) is 0 Å². The molecule has 0 fully saturated rings. The van der Waals surface area contributed by atoms with Crippen molar-refractivity contribution in [1.82, 2.24) is 9.55 Å². The Balaban J connectivity index is 0.000000161. The Morgan fingerprint density at radius 3 is 2.54 bits per heavy atom. The molecule has 2 aromatic rings. The van der Waals surface area contributed by atoms with Crippen molar-refractivity contribution in [2.45, 2.75) is 97.6 Å². The summed E-state index contributed by atoms with van der Waals surface area (Å²) in [7, 11) is 0. The number of benzene rings is 1. The number of nitrogens with zero attached hydrogens (tertiary/aromatic N) is 2. The van der Waals surface area contributed by atoms with Crippen molar-refractivity contribution in [3.05, 3.63) is 52.6 Å². The van der Waals surface area contributed by atoms with Crippen LogP contribution >= 0.6 is 0 Å².